The van der Waals surface area contributed by atoms with Gasteiger partial charge in [0, 0.05) is 22.5 Å². The van der Waals surface area contributed by atoms with E-state index in [0.29, 0.717) is 16.5 Å². The number of anilines is 2. The second-order valence-electron chi connectivity index (χ2n) is 6.34. The van der Waals surface area contributed by atoms with Crippen LogP contribution in [0.3, 0.4) is 0 Å². The zero-order valence-corrected chi connectivity index (χ0v) is 16.1. The molecule has 0 atom stereocenters. The molecule has 2 aromatic heterocycles. The van der Waals surface area contributed by atoms with Crippen molar-refractivity contribution in [1.29, 1.82) is 0 Å². The number of nitrogens with one attached hydrogen (secondary N) is 1. The van der Waals surface area contributed by atoms with Crippen LogP contribution in [0, 0.1) is 6.92 Å². The molecule has 0 aliphatic carbocycles. The minimum atomic E-state index is -0.376. The van der Waals surface area contributed by atoms with Gasteiger partial charge in [-0.3, -0.25) is 0 Å². The molecule has 28 heavy (non-hydrogen) atoms. The molecule has 2 heterocycles. The lowest BCUT2D eigenvalue weighted by molar-refractivity contribution is 0.0601. The monoisotopic (exact) mass is 392 g/mol. The summed E-state index contributed by atoms with van der Waals surface area (Å²) in [5.41, 5.74) is 4.97. The number of aromatic nitrogens is 3. The van der Waals surface area contributed by atoms with Gasteiger partial charge in [-0.15, -0.1) is 5.10 Å². The minimum Gasteiger partial charge on any atom is -0.465 e. The summed E-state index contributed by atoms with van der Waals surface area (Å²) in [5.74, 6) is 0.0795. The molecule has 140 valence electrons. The average molecular weight is 393 g/mol. The number of hydrogen-bond donors (Lipinski definition) is 1. The van der Waals surface area contributed by atoms with Gasteiger partial charge in [0.1, 0.15) is 0 Å². The first-order valence-electron chi connectivity index (χ1n) is 8.62. The lowest BCUT2D eigenvalue weighted by Gasteiger charge is -2.05. The third-order valence-corrected chi connectivity index (χ3v) is 4.50. The van der Waals surface area contributed by atoms with Crippen LogP contribution in [0.4, 0.5) is 11.6 Å². The molecular weight excluding hydrogens is 376 g/mol. The van der Waals surface area contributed by atoms with Crippen LogP contribution in [0.2, 0.25) is 5.02 Å². The fourth-order valence-corrected chi connectivity index (χ4v) is 3.30. The number of hydrogen-bond acceptors (Lipinski definition) is 5. The van der Waals surface area contributed by atoms with Gasteiger partial charge in [0.2, 0.25) is 5.95 Å². The molecule has 4 rings (SSSR count). The third-order valence-electron chi connectivity index (χ3n) is 4.28. The first-order chi connectivity index (χ1) is 13.5. The van der Waals surface area contributed by atoms with E-state index in [1.54, 1.807) is 28.8 Å². The van der Waals surface area contributed by atoms with E-state index in [4.69, 9.17) is 16.3 Å². The van der Waals surface area contributed by atoms with Crippen LogP contribution in [0.15, 0.2) is 60.8 Å². The first kappa shape index (κ1) is 18.0. The molecule has 7 heteroatoms. The van der Waals surface area contributed by atoms with E-state index < -0.39 is 0 Å². The van der Waals surface area contributed by atoms with Crippen LogP contribution in [-0.4, -0.2) is 27.7 Å². The molecule has 0 saturated heterocycles. The molecular formula is C21H17ClN4O2. The van der Waals surface area contributed by atoms with Gasteiger partial charge in [0.05, 0.1) is 12.7 Å². The fourth-order valence-electron chi connectivity index (χ4n) is 3.01. The number of methoxy groups -OCH3 is 1. The normalized spacial score (nSPS) is 10.8. The predicted octanol–water partition coefficient (Wildman–Crippen LogP) is 4.89. The molecule has 4 aromatic rings. The standard InChI is InChI=1S/C21H17ClN4O2/c1-13-10-15(12-16(22)11-13)18-4-3-9-26-19(18)24-21(25-26)23-17-7-5-14(6-8-17)20(27)28-2/h3-12H,1-2H3,(H,23,25). The Hall–Kier alpha value is -3.38. The zero-order valence-electron chi connectivity index (χ0n) is 15.3. The quantitative estimate of drug-likeness (QED) is 0.501. The lowest BCUT2D eigenvalue weighted by Crippen LogP contribution is -2.01. The van der Waals surface area contributed by atoms with Crippen LogP contribution in [0.1, 0.15) is 15.9 Å². The smallest absolute Gasteiger partial charge is 0.337 e. The Morgan fingerprint density at radius 3 is 2.64 bits per heavy atom. The van der Waals surface area contributed by atoms with E-state index in [-0.39, 0.29) is 5.97 Å². The van der Waals surface area contributed by atoms with Crippen molar-refractivity contribution < 1.29 is 9.53 Å². The Morgan fingerprint density at radius 2 is 1.93 bits per heavy atom. The van der Waals surface area contributed by atoms with Crippen LogP contribution < -0.4 is 5.32 Å². The fraction of sp³-hybridized carbons (Fsp3) is 0.0952. The number of carbonyl (C=O) groups excluding carboxylic acids is 1. The van der Waals surface area contributed by atoms with E-state index in [1.807, 2.05) is 37.4 Å². The number of nitrogens with zero attached hydrogens (tertiary/aromatic N) is 3. The van der Waals surface area contributed by atoms with Crippen LogP contribution >= 0.6 is 11.6 Å². The maximum absolute atomic E-state index is 11.5. The maximum Gasteiger partial charge on any atom is 0.337 e. The Labute approximate surface area is 166 Å². The molecule has 2 aromatic carbocycles. The van der Waals surface area contributed by atoms with Gasteiger partial charge in [-0.2, -0.15) is 4.98 Å². The van der Waals surface area contributed by atoms with Crippen LogP contribution in [0.5, 0.6) is 0 Å². The largest absolute Gasteiger partial charge is 0.465 e. The number of carbonyl (C=O) groups is 1. The highest BCUT2D eigenvalue weighted by Gasteiger charge is 2.11. The van der Waals surface area contributed by atoms with Crippen LogP contribution in [0.25, 0.3) is 16.8 Å². The number of halogens is 1. The molecule has 0 fully saturated rings. The van der Waals surface area contributed by atoms with Gasteiger partial charge in [0.15, 0.2) is 5.65 Å². The summed E-state index contributed by atoms with van der Waals surface area (Å²) in [6.45, 7) is 2.00. The molecule has 0 amide bonds. The number of benzene rings is 2. The van der Waals surface area contributed by atoms with Gasteiger partial charge < -0.3 is 10.1 Å². The lowest BCUT2D eigenvalue weighted by atomic mass is 10.0. The molecule has 0 aliphatic rings. The van der Waals surface area contributed by atoms with E-state index in [9.17, 15) is 4.79 Å². The molecule has 0 saturated carbocycles. The summed E-state index contributed by atoms with van der Waals surface area (Å²) in [4.78, 5) is 16.2. The third kappa shape index (κ3) is 3.54. The van der Waals surface area contributed by atoms with E-state index in [1.165, 1.54) is 7.11 Å². The molecule has 0 radical (unpaired) electrons. The van der Waals surface area contributed by atoms with E-state index in [0.717, 1.165) is 28.0 Å². The average Bonchev–Trinajstić information content (AvgIpc) is 3.09. The summed E-state index contributed by atoms with van der Waals surface area (Å²) in [6.07, 6.45) is 1.84. The van der Waals surface area contributed by atoms with Crippen molar-refractivity contribution in [1.82, 2.24) is 14.6 Å². The summed E-state index contributed by atoms with van der Waals surface area (Å²) in [6, 6.07) is 16.7. The maximum atomic E-state index is 11.5. The Bertz CT molecular complexity index is 1150. The summed E-state index contributed by atoms with van der Waals surface area (Å²) in [7, 11) is 1.36. The van der Waals surface area contributed by atoms with Crippen LogP contribution in [-0.2, 0) is 4.74 Å². The number of esters is 1. The highest BCUT2D eigenvalue weighted by Crippen LogP contribution is 2.28. The van der Waals surface area contributed by atoms with Gasteiger partial charge in [-0.1, -0.05) is 17.7 Å². The van der Waals surface area contributed by atoms with Crippen molar-refractivity contribution >= 4 is 34.9 Å². The molecule has 0 aliphatic heterocycles. The first-order valence-corrected chi connectivity index (χ1v) is 8.99. The minimum absolute atomic E-state index is 0.376. The van der Waals surface area contributed by atoms with E-state index in [2.05, 4.69) is 21.5 Å². The van der Waals surface area contributed by atoms with Gasteiger partial charge in [-0.25, -0.2) is 9.31 Å². The second-order valence-corrected chi connectivity index (χ2v) is 6.77. The summed E-state index contributed by atoms with van der Waals surface area (Å²) in [5, 5.41) is 8.32. The van der Waals surface area contributed by atoms with Crippen molar-refractivity contribution in [3.05, 3.63) is 76.9 Å². The summed E-state index contributed by atoms with van der Waals surface area (Å²) < 4.78 is 6.43. The Balaban J connectivity index is 1.68. The van der Waals surface area contributed by atoms with Crippen molar-refractivity contribution in [3.63, 3.8) is 0 Å². The van der Waals surface area contributed by atoms with E-state index >= 15 is 0 Å². The topological polar surface area (TPSA) is 68.5 Å². The number of fused-ring (bicyclic) bond motifs is 1. The number of rotatable bonds is 4. The number of aryl methyl sites for hydroxylation is 1. The Kier molecular flexibility index (Phi) is 4.71. The van der Waals surface area contributed by atoms with Crippen molar-refractivity contribution in [2.75, 3.05) is 12.4 Å². The molecule has 1 N–H and O–H groups in total. The van der Waals surface area contributed by atoms with Crippen molar-refractivity contribution in [2.24, 2.45) is 0 Å². The highest BCUT2D eigenvalue weighted by molar-refractivity contribution is 6.31. The Morgan fingerprint density at radius 1 is 1.14 bits per heavy atom. The van der Waals surface area contributed by atoms with Crippen molar-refractivity contribution in [3.8, 4) is 11.1 Å². The zero-order chi connectivity index (χ0) is 19.7. The molecule has 6 nitrogen and oxygen atoms in total. The molecule has 0 unspecified atom stereocenters. The second kappa shape index (κ2) is 7.32. The highest BCUT2D eigenvalue weighted by atomic mass is 35.5. The molecule has 0 spiro atoms. The SMILES string of the molecule is COC(=O)c1ccc(Nc2nc3c(-c4cc(C)cc(Cl)c4)cccn3n2)cc1. The number of ether oxygens (including phenoxy) is 1. The number of pyridine rings is 1. The predicted molar refractivity (Wildman–Crippen MR) is 109 cm³/mol. The van der Waals surface area contributed by atoms with Gasteiger partial charge in [0.25, 0.3) is 0 Å². The summed E-state index contributed by atoms with van der Waals surface area (Å²) >= 11 is 6.22. The van der Waals surface area contributed by atoms with Crippen molar-refractivity contribution in [2.45, 2.75) is 6.92 Å². The van der Waals surface area contributed by atoms with Gasteiger partial charge >= 0.3 is 5.97 Å². The van der Waals surface area contributed by atoms with Gasteiger partial charge in [-0.05, 0) is 66.6 Å². The molecule has 0 bridgehead atoms.